The number of amidine groups is 1. The second-order valence-electron chi connectivity index (χ2n) is 5.86. The molecule has 3 nitrogen and oxygen atoms in total. The number of nitrogens with two attached hydrogens (primary N) is 1. The summed E-state index contributed by atoms with van der Waals surface area (Å²) in [5.74, 6) is 1.56. The Morgan fingerprint density at radius 3 is 2.53 bits per heavy atom. The molecule has 1 heterocycles. The Balaban J connectivity index is 2.08. The molecule has 1 saturated heterocycles. The van der Waals surface area contributed by atoms with Crippen LogP contribution in [0.4, 0.5) is 0 Å². The molecule has 0 saturated carbocycles. The molecule has 1 aliphatic heterocycles. The van der Waals surface area contributed by atoms with Crippen LogP contribution in [0.15, 0.2) is 18.2 Å². The number of hydrogen-bond donors (Lipinski definition) is 2. The summed E-state index contributed by atoms with van der Waals surface area (Å²) in [6.07, 6.45) is 1.31. The zero-order valence-electron chi connectivity index (χ0n) is 11.6. The van der Waals surface area contributed by atoms with Crippen molar-refractivity contribution in [2.45, 2.75) is 26.8 Å². The van der Waals surface area contributed by atoms with Crippen molar-refractivity contribution in [1.82, 2.24) is 4.90 Å². The lowest BCUT2D eigenvalue weighted by molar-refractivity contribution is 0.134. The molecule has 0 aromatic heterocycles. The van der Waals surface area contributed by atoms with Gasteiger partial charge in [-0.15, -0.1) is 0 Å². The third-order valence-corrected chi connectivity index (χ3v) is 4.05. The number of halogens is 1. The topological polar surface area (TPSA) is 53.1 Å². The highest BCUT2D eigenvalue weighted by Gasteiger charge is 2.22. The average molecular weight is 280 g/mol. The molecule has 1 aromatic carbocycles. The van der Waals surface area contributed by atoms with Gasteiger partial charge in [-0.2, -0.15) is 0 Å². The maximum absolute atomic E-state index is 7.42. The van der Waals surface area contributed by atoms with E-state index in [0.29, 0.717) is 10.6 Å². The van der Waals surface area contributed by atoms with Crippen LogP contribution in [0.3, 0.4) is 0 Å². The Kier molecular flexibility index (Phi) is 4.48. The van der Waals surface area contributed by atoms with Crippen LogP contribution in [0.25, 0.3) is 0 Å². The Morgan fingerprint density at radius 2 is 2.00 bits per heavy atom. The minimum atomic E-state index is 0.0636. The van der Waals surface area contributed by atoms with Gasteiger partial charge in [0.1, 0.15) is 5.84 Å². The van der Waals surface area contributed by atoms with Gasteiger partial charge in [0.05, 0.1) is 0 Å². The molecule has 2 unspecified atom stereocenters. The first kappa shape index (κ1) is 14.4. The molecule has 19 heavy (non-hydrogen) atoms. The van der Waals surface area contributed by atoms with E-state index in [1.165, 1.54) is 6.42 Å². The number of nitrogens with zero attached hydrogens (tertiary/aromatic N) is 1. The van der Waals surface area contributed by atoms with Crippen LogP contribution in [0.2, 0.25) is 5.02 Å². The fourth-order valence-corrected chi connectivity index (χ4v) is 3.25. The largest absolute Gasteiger partial charge is 0.384 e. The number of benzene rings is 1. The van der Waals surface area contributed by atoms with Gasteiger partial charge >= 0.3 is 0 Å². The van der Waals surface area contributed by atoms with Crippen molar-refractivity contribution < 1.29 is 0 Å². The molecule has 1 aliphatic rings. The second-order valence-corrected chi connectivity index (χ2v) is 6.27. The highest BCUT2D eigenvalue weighted by atomic mass is 35.5. The maximum Gasteiger partial charge on any atom is 0.122 e. The molecule has 3 N–H and O–H groups in total. The number of nitrogens with one attached hydrogen (secondary N) is 1. The summed E-state index contributed by atoms with van der Waals surface area (Å²) in [5.41, 5.74) is 7.28. The lowest BCUT2D eigenvalue weighted by atomic mass is 9.91. The summed E-state index contributed by atoms with van der Waals surface area (Å²) in [4.78, 5) is 2.47. The average Bonchev–Trinajstić information content (AvgIpc) is 2.30. The predicted octanol–water partition coefficient (Wildman–Crippen LogP) is 3.10. The van der Waals surface area contributed by atoms with Gasteiger partial charge in [-0.3, -0.25) is 10.3 Å². The normalized spacial score (nSPS) is 24.4. The second kappa shape index (κ2) is 5.93. The zero-order valence-corrected chi connectivity index (χ0v) is 12.4. The van der Waals surface area contributed by atoms with Crippen molar-refractivity contribution in [2.24, 2.45) is 17.6 Å². The highest BCUT2D eigenvalue weighted by molar-refractivity contribution is 6.31. The zero-order chi connectivity index (χ0) is 14.0. The van der Waals surface area contributed by atoms with Crippen molar-refractivity contribution in [2.75, 3.05) is 13.1 Å². The number of hydrogen-bond acceptors (Lipinski definition) is 2. The van der Waals surface area contributed by atoms with E-state index in [1.807, 2.05) is 12.1 Å². The number of likely N-dealkylation sites (tertiary alicyclic amines) is 1. The lowest BCUT2D eigenvalue weighted by Gasteiger charge is -2.35. The van der Waals surface area contributed by atoms with E-state index in [4.69, 9.17) is 22.7 Å². The van der Waals surface area contributed by atoms with Crippen LogP contribution in [0.1, 0.15) is 31.4 Å². The van der Waals surface area contributed by atoms with Gasteiger partial charge in [0.2, 0.25) is 0 Å². The van der Waals surface area contributed by atoms with Gasteiger partial charge in [0.15, 0.2) is 0 Å². The van der Waals surface area contributed by atoms with Gasteiger partial charge < -0.3 is 5.73 Å². The van der Waals surface area contributed by atoms with Crippen molar-refractivity contribution in [3.05, 3.63) is 34.3 Å². The van der Waals surface area contributed by atoms with Gasteiger partial charge in [0, 0.05) is 30.2 Å². The molecule has 4 heteroatoms. The first-order valence-electron chi connectivity index (χ1n) is 6.81. The van der Waals surface area contributed by atoms with Crippen molar-refractivity contribution in [1.29, 1.82) is 5.41 Å². The first-order valence-corrected chi connectivity index (χ1v) is 7.18. The molecule has 0 amide bonds. The van der Waals surface area contributed by atoms with Gasteiger partial charge in [-0.25, -0.2) is 0 Å². The summed E-state index contributed by atoms with van der Waals surface area (Å²) >= 11 is 6.29. The Bertz CT molecular complexity index is 462. The van der Waals surface area contributed by atoms with E-state index in [1.54, 1.807) is 6.07 Å². The molecular weight excluding hydrogens is 258 g/mol. The van der Waals surface area contributed by atoms with Crippen LogP contribution in [-0.4, -0.2) is 23.8 Å². The maximum atomic E-state index is 7.42. The van der Waals surface area contributed by atoms with Crippen LogP contribution < -0.4 is 5.73 Å². The van der Waals surface area contributed by atoms with Gasteiger partial charge in [-0.1, -0.05) is 37.6 Å². The van der Waals surface area contributed by atoms with E-state index in [-0.39, 0.29) is 5.84 Å². The van der Waals surface area contributed by atoms with E-state index in [9.17, 15) is 0 Å². The van der Waals surface area contributed by atoms with Crippen molar-refractivity contribution in [3.63, 3.8) is 0 Å². The molecule has 2 rings (SSSR count). The summed E-state index contributed by atoms with van der Waals surface area (Å²) in [7, 11) is 0. The fraction of sp³-hybridized carbons (Fsp3) is 0.533. The van der Waals surface area contributed by atoms with Crippen LogP contribution in [0.5, 0.6) is 0 Å². The fourth-order valence-electron chi connectivity index (χ4n) is 3.01. The van der Waals surface area contributed by atoms with E-state index < -0.39 is 0 Å². The molecule has 1 fully saturated rings. The van der Waals surface area contributed by atoms with E-state index >= 15 is 0 Å². The smallest absolute Gasteiger partial charge is 0.122 e. The minimum absolute atomic E-state index is 0.0636. The Labute approximate surface area is 120 Å². The summed E-state index contributed by atoms with van der Waals surface area (Å²) in [6.45, 7) is 7.77. The predicted molar refractivity (Wildman–Crippen MR) is 80.7 cm³/mol. The van der Waals surface area contributed by atoms with Crippen molar-refractivity contribution in [3.8, 4) is 0 Å². The Morgan fingerprint density at radius 1 is 1.37 bits per heavy atom. The third-order valence-electron chi connectivity index (χ3n) is 3.70. The third kappa shape index (κ3) is 3.71. The molecule has 0 radical (unpaired) electrons. The van der Waals surface area contributed by atoms with Crippen LogP contribution >= 0.6 is 11.6 Å². The summed E-state index contributed by atoms with van der Waals surface area (Å²) in [5, 5.41) is 8.12. The molecule has 2 atom stereocenters. The lowest BCUT2D eigenvalue weighted by Crippen LogP contribution is -2.38. The molecule has 104 valence electrons. The number of rotatable bonds is 3. The quantitative estimate of drug-likeness (QED) is 0.660. The van der Waals surface area contributed by atoms with Crippen LogP contribution in [0, 0.1) is 17.2 Å². The molecule has 1 aromatic rings. The number of nitrogen functional groups attached to an aromatic ring is 1. The Hall–Kier alpha value is -1.06. The highest BCUT2D eigenvalue weighted by Crippen LogP contribution is 2.25. The molecular formula is C15H22ClN3. The summed E-state index contributed by atoms with van der Waals surface area (Å²) < 4.78 is 0. The van der Waals surface area contributed by atoms with E-state index in [2.05, 4.69) is 18.7 Å². The SMILES string of the molecule is CC1CC(C)CN(Cc2ccc(C(=N)N)cc2Cl)C1. The van der Waals surface area contributed by atoms with E-state index in [0.717, 1.165) is 37.0 Å². The monoisotopic (exact) mass is 279 g/mol. The standard InChI is InChI=1S/C15H22ClN3/c1-10-5-11(2)8-19(7-10)9-13-4-3-12(15(17)18)6-14(13)16/h3-4,6,10-11H,5,7-9H2,1-2H3,(H3,17,18). The molecule has 0 aliphatic carbocycles. The molecule has 0 spiro atoms. The van der Waals surface area contributed by atoms with Crippen molar-refractivity contribution >= 4 is 17.4 Å². The first-order chi connectivity index (χ1) is 8.95. The van der Waals surface area contributed by atoms with Crippen LogP contribution in [-0.2, 0) is 6.54 Å². The minimum Gasteiger partial charge on any atom is -0.384 e. The number of piperidine rings is 1. The summed E-state index contributed by atoms with van der Waals surface area (Å²) in [6, 6.07) is 5.65. The van der Waals surface area contributed by atoms with Gasteiger partial charge in [0.25, 0.3) is 0 Å². The molecule has 0 bridgehead atoms. The van der Waals surface area contributed by atoms with Gasteiger partial charge in [-0.05, 0) is 29.9 Å².